The monoisotopic (exact) mass is 497 g/mol. The second-order valence-electron chi connectivity index (χ2n) is 8.21. The Hall–Kier alpha value is -4.45. The quantitative estimate of drug-likeness (QED) is 0.346. The van der Waals surface area contributed by atoms with Crippen LogP contribution in [0.1, 0.15) is 5.69 Å². The zero-order valence-electron chi connectivity index (χ0n) is 18.7. The van der Waals surface area contributed by atoms with Gasteiger partial charge in [-0.1, -0.05) is 0 Å². The number of ether oxygens (including phenoxy) is 2. The van der Waals surface area contributed by atoms with Crippen molar-refractivity contribution in [1.29, 1.82) is 0 Å². The van der Waals surface area contributed by atoms with Gasteiger partial charge in [0.2, 0.25) is 11.8 Å². The molecule has 2 aromatic heterocycles. The first-order chi connectivity index (χ1) is 17.3. The van der Waals surface area contributed by atoms with Gasteiger partial charge in [0.25, 0.3) is 0 Å². The van der Waals surface area contributed by atoms with Crippen molar-refractivity contribution in [3.63, 3.8) is 0 Å². The van der Waals surface area contributed by atoms with Gasteiger partial charge in [0, 0.05) is 29.7 Å². The second kappa shape index (κ2) is 8.96. The summed E-state index contributed by atoms with van der Waals surface area (Å²) >= 11 is 0. The molecular weight excluding hydrogens is 479 g/mol. The Morgan fingerprint density at radius 1 is 1.00 bits per heavy atom. The molecule has 1 aliphatic heterocycles. The van der Waals surface area contributed by atoms with Crippen LogP contribution in [0.5, 0.6) is 11.5 Å². The average molecular weight is 497 g/mol. The number of nitrogens with zero attached hydrogens (tertiary/aromatic N) is 2. The van der Waals surface area contributed by atoms with Crippen LogP contribution >= 0.6 is 0 Å². The number of hydrogen-bond acceptors (Lipinski definition) is 6. The summed E-state index contributed by atoms with van der Waals surface area (Å²) in [6.45, 7) is 1.20. The molecule has 0 saturated carbocycles. The number of amides is 2. The van der Waals surface area contributed by atoms with Crippen molar-refractivity contribution in [2.45, 2.75) is 6.92 Å². The molecule has 0 bridgehead atoms. The molecule has 184 valence electrons. The first-order valence-electron chi connectivity index (χ1n) is 10.7. The summed E-state index contributed by atoms with van der Waals surface area (Å²) in [6.07, 6.45) is 1.41. The normalized spacial score (nSPS) is 14.2. The lowest BCUT2D eigenvalue weighted by Crippen LogP contribution is -2.59. The smallest absolute Gasteiger partial charge is 0.244 e. The van der Waals surface area contributed by atoms with Crippen molar-refractivity contribution < 1.29 is 32.2 Å². The van der Waals surface area contributed by atoms with E-state index < -0.39 is 46.1 Å². The van der Waals surface area contributed by atoms with Crippen LogP contribution in [0.25, 0.3) is 11.0 Å². The number of aromatic amines is 1. The number of pyridine rings is 1. The van der Waals surface area contributed by atoms with E-state index in [9.17, 15) is 22.8 Å². The van der Waals surface area contributed by atoms with Gasteiger partial charge in [0.1, 0.15) is 11.6 Å². The van der Waals surface area contributed by atoms with Crippen LogP contribution in [-0.2, 0) is 14.3 Å². The van der Waals surface area contributed by atoms with Crippen molar-refractivity contribution in [3.05, 3.63) is 71.8 Å². The highest BCUT2D eigenvalue weighted by Gasteiger charge is 2.53. The number of fused-ring (bicyclic) bond motifs is 1. The molecule has 5 rings (SSSR count). The Balaban J connectivity index is 1.35. The fourth-order valence-electron chi connectivity index (χ4n) is 3.67. The summed E-state index contributed by atoms with van der Waals surface area (Å²) in [7, 11) is 0. The molecule has 0 spiro atoms. The van der Waals surface area contributed by atoms with Gasteiger partial charge in [0.15, 0.2) is 28.4 Å². The molecule has 2 amide bonds. The summed E-state index contributed by atoms with van der Waals surface area (Å²) in [4.78, 5) is 29.8. The summed E-state index contributed by atoms with van der Waals surface area (Å²) in [5.74, 6) is -4.25. The first-order valence-corrected chi connectivity index (χ1v) is 10.7. The van der Waals surface area contributed by atoms with Gasteiger partial charge in [-0.25, -0.2) is 18.2 Å². The number of carbonyl (C=O) groups excluding carboxylic acids is 2. The topological polar surface area (TPSA) is 118 Å². The van der Waals surface area contributed by atoms with Crippen LogP contribution < -0.4 is 15.4 Å². The maximum absolute atomic E-state index is 14.9. The third kappa shape index (κ3) is 4.11. The van der Waals surface area contributed by atoms with Crippen LogP contribution in [0, 0.1) is 29.8 Å². The minimum Gasteiger partial charge on any atom is -0.453 e. The Morgan fingerprint density at radius 2 is 1.72 bits per heavy atom. The Bertz CT molecular complexity index is 1490. The van der Waals surface area contributed by atoms with Gasteiger partial charge >= 0.3 is 0 Å². The lowest BCUT2D eigenvalue weighted by atomic mass is 9.83. The van der Waals surface area contributed by atoms with Gasteiger partial charge in [-0.2, -0.15) is 5.10 Å². The van der Waals surface area contributed by atoms with E-state index in [4.69, 9.17) is 9.47 Å². The van der Waals surface area contributed by atoms with E-state index in [0.29, 0.717) is 16.7 Å². The van der Waals surface area contributed by atoms with Gasteiger partial charge in [-0.05, 0) is 37.3 Å². The first kappa shape index (κ1) is 23.3. The molecule has 1 saturated heterocycles. The highest BCUT2D eigenvalue weighted by molar-refractivity contribution is 6.15. The van der Waals surface area contributed by atoms with Crippen molar-refractivity contribution in [1.82, 2.24) is 15.2 Å². The molecule has 0 unspecified atom stereocenters. The number of nitrogens with one attached hydrogen (secondary N) is 3. The highest BCUT2D eigenvalue weighted by Crippen LogP contribution is 2.35. The zero-order chi connectivity index (χ0) is 25.4. The summed E-state index contributed by atoms with van der Waals surface area (Å²) in [5.41, 5.74) is -0.915. The summed E-state index contributed by atoms with van der Waals surface area (Å²) in [6, 6.07) is 7.97. The molecule has 0 aliphatic carbocycles. The largest absolute Gasteiger partial charge is 0.453 e. The van der Waals surface area contributed by atoms with E-state index in [1.54, 1.807) is 6.92 Å². The maximum Gasteiger partial charge on any atom is 0.244 e. The molecule has 1 aliphatic rings. The third-order valence-corrected chi connectivity index (χ3v) is 5.76. The SMILES string of the molecule is Cc1[nH]nc2nccc(Oc3cc(F)c(NC(=O)C4(C(=O)Nc5ccc(F)cc5)COC4)cc3F)c12. The van der Waals surface area contributed by atoms with Crippen LogP contribution in [-0.4, -0.2) is 40.2 Å². The van der Waals surface area contributed by atoms with Crippen molar-refractivity contribution in [3.8, 4) is 11.5 Å². The number of hydrogen-bond donors (Lipinski definition) is 3. The molecule has 0 atom stereocenters. The second-order valence-corrected chi connectivity index (χ2v) is 8.21. The number of halogens is 3. The van der Waals surface area contributed by atoms with Crippen LogP contribution in [0.15, 0.2) is 48.7 Å². The molecule has 36 heavy (non-hydrogen) atoms. The van der Waals surface area contributed by atoms with Crippen LogP contribution in [0.3, 0.4) is 0 Å². The Kier molecular flexibility index (Phi) is 5.80. The number of H-pyrrole nitrogens is 1. The molecule has 2 aromatic carbocycles. The zero-order valence-corrected chi connectivity index (χ0v) is 18.7. The third-order valence-electron chi connectivity index (χ3n) is 5.76. The van der Waals surface area contributed by atoms with E-state index >= 15 is 0 Å². The van der Waals surface area contributed by atoms with Gasteiger partial charge < -0.3 is 20.1 Å². The predicted molar refractivity (Wildman–Crippen MR) is 122 cm³/mol. The van der Waals surface area contributed by atoms with Crippen molar-refractivity contribution in [2.75, 3.05) is 23.8 Å². The maximum atomic E-state index is 14.9. The lowest BCUT2D eigenvalue weighted by Gasteiger charge is -2.38. The summed E-state index contributed by atoms with van der Waals surface area (Å²) in [5, 5.41) is 12.0. The Morgan fingerprint density at radius 3 is 2.42 bits per heavy atom. The molecule has 12 heteroatoms. The van der Waals surface area contributed by atoms with Crippen LogP contribution in [0.4, 0.5) is 24.5 Å². The van der Waals surface area contributed by atoms with E-state index in [-0.39, 0.29) is 24.7 Å². The van der Waals surface area contributed by atoms with Gasteiger partial charge in [0.05, 0.1) is 24.3 Å². The van der Waals surface area contributed by atoms with Crippen molar-refractivity contribution in [2.24, 2.45) is 5.41 Å². The number of carbonyl (C=O) groups is 2. The van der Waals surface area contributed by atoms with E-state index in [1.165, 1.54) is 24.4 Å². The molecular formula is C24H18F3N5O4. The number of benzene rings is 2. The Labute approximate surface area is 201 Å². The fraction of sp³-hybridized carbons (Fsp3) is 0.167. The van der Waals surface area contributed by atoms with E-state index in [1.807, 2.05) is 0 Å². The molecule has 9 nitrogen and oxygen atoms in total. The molecule has 1 fully saturated rings. The molecule has 3 N–H and O–H groups in total. The van der Waals surface area contributed by atoms with Crippen LogP contribution in [0.2, 0.25) is 0 Å². The van der Waals surface area contributed by atoms with Crippen molar-refractivity contribution >= 4 is 34.2 Å². The highest BCUT2D eigenvalue weighted by atomic mass is 19.1. The molecule has 3 heterocycles. The predicted octanol–water partition coefficient (Wildman–Crippen LogP) is 4.07. The van der Waals surface area contributed by atoms with E-state index in [2.05, 4.69) is 25.8 Å². The van der Waals surface area contributed by atoms with Gasteiger partial charge in [-0.3, -0.25) is 14.7 Å². The summed E-state index contributed by atoms with van der Waals surface area (Å²) < 4.78 is 53.5. The molecule has 4 aromatic rings. The fourth-order valence-corrected chi connectivity index (χ4v) is 3.67. The lowest BCUT2D eigenvalue weighted by molar-refractivity contribution is -0.166. The minimum atomic E-state index is -1.67. The van der Waals surface area contributed by atoms with E-state index in [0.717, 1.165) is 24.3 Å². The minimum absolute atomic E-state index is 0.212. The molecule has 0 radical (unpaired) electrons. The number of rotatable bonds is 6. The average Bonchev–Trinajstić information content (AvgIpc) is 3.19. The number of aryl methyl sites for hydroxylation is 1. The van der Waals surface area contributed by atoms with Gasteiger partial charge in [-0.15, -0.1) is 0 Å². The number of anilines is 2. The number of aromatic nitrogens is 3. The standard InChI is InChI=1S/C24H18F3N5O4/c1-12-20-18(6-7-28-21(20)32-31-12)36-19-9-15(26)17(8-16(19)27)30-23(34)24(10-35-11-24)22(33)29-14-4-2-13(25)3-5-14/h2-9H,10-11H2,1H3,(H,29,33)(H,30,34)(H,28,31,32).